The first-order valence-corrected chi connectivity index (χ1v) is 5.56. The van der Waals surface area contributed by atoms with Gasteiger partial charge in [-0.25, -0.2) is 9.37 Å². The third-order valence-electron chi connectivity index (χ3n) is 2.86. The summed E-state index contributed by atoms with van der Waals surface area (Å²) in [6.45, 7) is 1.71. The molecule has 1 aromatic carbocycles. The number of nitrogens with zero attached hydrogens (tertiary/aromatic N) is 3. The molecule has 0 radical (unpaired) electrons. The van der Waals surface area contributed by atoms with Gasteiger partial charge in [0.05, 0.1) is 11.0 Å². The molecule has 0 aliphatic carbocycles. The molecule has 1 aromatic heterocycles. The third-order valence-corrected chi connectivity index (χ3v) is 2.86. The number of anilines is 1. The predicted molar refractivity (Wildman–Crippen MR) is 67.5 cm³/mol. The number of halogens is 1. The summed E-state index contributed by atoms with van der Waals surface area (Å²) in [6, 6.07) is 3.67. The quantitative estimate of drug-likeness (QED) is 0.876. The molecular formula is C12H15FN4O. The van der Waals surface area contributed by atoms with Gasteiger partial charge >= 0.3 is 0 Å². The van der Waals surface area contributed by atoms with Crippen LogP contribution in [0, 0.1) is 5.82 Å². The van der Waals surface area contributed by atoms with Crippen LogP contribution in [0.15, 0.2) is 18.2 Å². The van der Waals surface area contributed by atoms with Gasteiger partial charge in [-0.3, -0.25) is 9.36 Å². The van der Waals surface area contributed by atoms with Crippen molar-refractivity contribution in [2.75, 3.05) is 19.8 Å². The van der Waals surface area contributed by atoms with Crippen LogP contribution in [0.1, 0.15) is 13.0 Å². The summed E-state index contributed by atoms with van der Waals surface area (Å²) in [4.78, 5) is 17.5. The van der Waals surface area contributed by atoms with Gasteiger partial charge in [-0.15, -0.1) is 0 Å². The maximum atomic E-state index is 13.3. The molecule has 0 saturated heterocycles. The molecule has 2 rings (SSSR count). The average Bonchev–Trinajstić information content (AvgIpc) is 2.62. The fraction of sp³-hybridized carbons (Fsp3) is 0.333. The van der Waals surface area contributed by atoms with E-state index in [4.69, 9.17) is 5.73 Å². The minimum Gasteiger partial charge on any atom is -0.369 e. The van der Waals surface area contributed by atoms with E-state index in [1.165, 1.54) is 17.0 Å². The highest BCUT2D eigenvalue weighted by Crippen LogP contribution is 2.24. The zero-order chi connectivity index (χ0) is 13.4. The number of aromatic nitrogens is 2. The summed E-state index contributed by atoms with van der Waals surface area (Å²) < 4.78 is 14.8. The van der Waals surface area contributed by atoms with Gasteiger partial charge in [-0.2, -0.15) is 0 Å². The highest BCUT2D eigenvalue weighted by molar-refractivity contribution is 5.85. The second kappa shape index (κ2) is 4.29. The van der Waals surface area contributed by atoms with Crippen LogP contribution in [0.25, 0.3) is 11.0 Å². The molecule has 2 N–H and O–H groups in total. The second-order valence-corrected chi connectivity index (χ2v) is 4.38. The lowest BCUT2D eigenvalue weighted by Crippen LogP contribution is -2.30. The highest BCUT2D eigenvalue weighted by Gasteiger charge is 2.21. The number of hydrogen-bond donors (Lipinski definition) is 1. The van der Waals surface area contributed by atoms with Crippen LogP contribution in [0.4, 0.5) is 10.3 Å². The Morgan fingerprint density at radius 1 is 1.50 bits per heavy atom. The fourth-order valence-corrected chi connectivity index (χ4v) is 1.98. The van der Waals surface area contributed by atoms with Crippen molar-refractivity contribution in [3.05, 3.63) is 24.0 Å². The molecule has 1 heterocycles. The Bertz CT molecular complexity index is 605. The Labute approximate surface area is 104 Å². The van der Waals surface area contributed by atoms with Crippen LogP contribution in [0.2, 0.25) is 0 Å². The van der Waals surface area contributed by atoms with Crippen LogP contribution in [0.5, 0.6) is 0 Å². The first-order valence-electron chi connectivity index (χ1n) is 5.56. The lowest BCUT2D eigenvalue weighted by Gasteiger charge is -2.19. The second-order valence-electron chi connectivity index (χ2n) is 4.38. The van der Waals surface area contributed by atoms with Crippen LogP contribution in [0.3, 0.4) is 0 Å². The Kier molecular flexibility index (Phi) is 2.94. The summed E-state index contributed by atoms with van der Waals surface area (Å²) in [5, 5.41) is 0. The zero-order valence-electron chi connectivity index (χ0n) is 10.5. The predicted octanol–water partition coefficient (Wildman–Crippen LogP) is 1.41. The maximum absolute atomic E-state index is 13.3. The number of imidazole rings is 1. The number of carbonyl (C=O) groups is 1. The number of rotatable bonds is 2. The molecule has 0 aliphatic heterocycles. The summed E-state index contributed by atoms with van der Waals surface area (Å²) in [5.41, 5.74) is 6.90. The Morgan fingerprint density at radius 2 is 2.17 bits per heavy atom. The maximum Gasteiger partial charge on any atom is 0.244 e. The highest BCUT2D eigenvalue weighted by atomic mass is 19.1. The van der Waals surface area contributed by atoms with Gasteiger partial charge in [0.2, 0.25) is 11.9 Å². The van der Waals surface area contributed by atoms with Gasteiger partial charge in [0, 0.05) is 14.1 Å². The Balaban J connectivity index is 2.59. The van der Waals surface area contributed by atoms with E-state index in [1.807, 2.05) is 0 Å². The van der Waals surface area contributed by atoms with Crippen molar-refractivity contribution in [3.8, 4) is 0 Å². The van der Waals surface area contributed by atoms with Crippen molar-refractivity contribution in [3.63, 3.8) is 0 Å². The molecule has 0 bridgehead atoms. The summed E-state index contributed by atoms with van der Waals surface area (Å²) in [7, 11) is 3.32. The molecule has 1 unspecified atom stereocenters. The molecular weight excluding hydrogens is 235 g/mol. The molecule has 6 heteroatoms. The van der Waals surface area contributed by atoms with E-state index >= 15 is 0 Å². The summed E-state index contributed by atoms with van der Waals surface area (Å²) in [6.07, 6.45) is 0. The lowest BCUT2D eigenvalue weighted by atomic mass is 10.2. The topological polar surface area (TPSA) is 64.2 Å². The molecule has 96 valence electrons. The minimum absolute atomic E-state index is 0.120. The van der Waals surface area contributed by atoms with E-state index in [9.17, 15) is 9.18 Å². The molecule has 0 aliphatic rings. The van der Waals surface area contributed by atoms with Crippen molar-refractivity contribution in [1.29, 1.82) is 0 Å². The lowest BCUT2D eigenvalue weighted by molar-refractivity contribution is -0.131. The van der Waals surface area contributed by atoms with Crippen LogP contribution in [-0.4, -0.2) is 34.5 Å². The zero-order valence-corrected chi connectivity index (χ0v) is 10.5. The molecule has 0 saturated carbocycles. The molecule has 1 atom stereocenters. The van der Waals surface area contributed by atoms with Crippen LogP contribution < -0.4 is 5.73 Å². The van der Waals surface area contributed by atoms with Crippen molar-refractivity contribution < 1.29 is 9.18 Å². The number of nitrogens with two attached hydrogens (primary N) is 1. The number of carbonyl (C=O) groups excluding carboxylic acids is 1. The third kappa shape index (κ3) is 1.90. The average molecular weight is 250 g/mol. The van der Waals surface area contributed by atoms with Gasteiger partial charge in [-0.1, -0.05) is 0 Å². The number of hydrogen-bond acceptors (Lipinski definition) is 3. The van der Waals surface area contributed by atoms with E-state index in [0.29, 0.717) is 11.0 Å². The number of benzene rings is 1. The van der Waals surface area contributed by atoms with E-state index in [-0.39, 0.29) is 17.7 Å². The van der Waals surface area contributed by atoms with Crippen molar-refractivity contribution in [2.45, 2.75) is 13.0 Å². The smallest absolute Gasteiger partial charge is 0.244 e. The van der Waals surface area contributed by atoms with Gasteiger partial charge in [0.25, 0.3) is 0 Å². The molecule has 0 fully saturated rings. The van der Waals surface area contributed by atoms with E-state index in [2.05, 4.69) is 4.98 Å². The van der Waals surface area contributed by atoms with Gasteiger partial charge in [0.15, 0.2) is 0 Å². The van der Waals surface area contributed by atoms with E-state index in [0.717, 1.165) is 0 Å². The molecule has 18 heavy (non-hydrogen) atoms. The fourth-order valence-electron chi connectivity index (χ4n) is 1.98. The van der Waals surface area contributed by atoms with Gasteiger partial charge in [0.1, 0.15) is 11.9 Å². The number of nitrogen functional groups attached to an aromatic ring is 1. The van der Waals surface area contributed by atoms with Gasteiger partial charge in [-0.05, 0) is 25.1 Å². The normalized spacial score (nSPS) is 12.7. The van der Waals surface area contributed by atoms with Gasteiger partial charge < -0.3 is 10.6 Å². The molecule has 0 spiro atoms. The number of likely N-dealkylation sites (N-methyl/N-ethyl adjacent to an activating group) is 1. The largest absolute Gasteiger partial charge is 0.369 e. The molecule has 1 amide bonds. The Morgan fingerprint density at radius 3 is 2.78 bits per heavy atom. The molecule has 5 nitrogen and oxygen atoms in total. The van der Waals surface area contributed by atoms with Crippen molar-refractivity contribution >= 4 is 22.9 Å². The van der Waals surface area contributed by atoms with Crippen molar-refractivity contribution in [1.82, 2.24) is 14.5 Å². The molecule has 2 aromatic rings. The first-order chi connectivity index (χ1) is 8.41. The Hall–Kier alpha value is -2.11. The first kappa shape index (κ1) is 12.3. The summed E-state index contributed by atoms with van der Waals surface area (Å²) in [5.74, 6) is -0.295. The minimum atomic E-state index is -0.521. The number of amides is 1. The standard InChI is InChI=1S/C12H15FN4O/c1-7(11(18)16(2)3)17-10-6-8(13)4-5-9(10)15-12(17)14/h4-7H,1-3H3,(H2,14,15). The van der Waals surface area contributed by atoms with E-state index < -0.39 is 6.04 Å². The monoisotopic (exact) mass is 250 g/mol. The summed E-state index contributed by atoms with van der Waals surface area (Å²) >= 11 is 0. The number of fused-ring (bicyclic) bond motifs is 1. The van der Waals surface area contributed by atoms with E-state index in [1.54, 1.807) is 31.7 Å². The SMILES string of the molecule is CC(C(=O)N(C)C)n1c(N)nc2ccc(F)cc21. The van der Waals surface area contributed by atoms with Crippen LogP contribution >= 0.6 is 0 Å². The van der Waals surface area contributed by atoms with Crippen molar-refractivity contribution in [2.24, 2.45) is 0 Å². The van der Waals surface area contributed by atoms with Crippen LogP contribution in [-0.2, 0) is 4.79 Å².